The summed E-state index contributed by atoms with van der Waals surface area (Å²) < 4.78 is 37.2. The van der Waals surface area contributed by atoms with Crippen molar-refractivity contribution in [1.82, 2.24) is 9.97 Å². The molecule has 0 bridgehead atoms. The van der Waals surface area contributed by atoms with Gasteiger partial charge in [0.25, 0.3) is 0 Å². The Morgan fingerprint density at radius 3 is 2.65 bits per heavy atom. The standard InChI is InChI=1S/C13H13F2N3O2/c14-9-1-8-11(2-10(9)15)17-7-18-12(8)20-6-13(3-16)4-19-5-13/h1-2,7H,3-6,16H2. The Hall–Kier alpha value is -1.86. The van der Waals surface area contributed by atoms with Crippen molar-refractivity contribution in [2.75, 3.05) is 26.4 Å². The molecule has 0 aliphatic carbocycles. The van der Waals surface area contributed by atoms with E-state index in [1.807, 2.05) is 0 Å². The first-order valence-corrected chi connectivity index (χ1v) is 6.14. The first-order valence-electron chi connectivity index (χ1n) is 6.14. The van der Waals surface area contributed by atoms with Gasteiger partial charge in [-0.1, -0.05) is 0 Å². The zero-order valence-corrected chi connectivity index (χ0v) is 10.6. The highest BCUT2D eigenvalue weighted by Gasteiger charge is 2.38. The quantitative estimate of drug-likeness (QED) is 0.913. The van der Waals surface area contributed by atoms with E-state index in [0.717, 1.165) is 12.1 Å². The van der Waals surface area contributed by atoms with Gasteiger partial charge in [0.05, 0.1) is 29.5 Å². The monoisotopic (exact) mass is 281 g/mol. The van der Waals surface area contributed by atoms with Gasteiger partial charge in [-0.25, -0.2) is 18.7 Å². The van der Waals surface area contributed by atoms with Crippen molar-refractivity contribution in [3.8, 4) is 5.88 Å². The van der Waals surface area contributed by atoms with Crippen LogP contribution in [0.3, 0.4) is 0 Å². The second kappa shape index (κ2) is 4.92. The molecular weight excluding hydrogens is 268 g/mol. The van der Waals surface area contributed by atoms with E-state index in [1.165, 1.54) is 6.33 Å². The summed E-state index contributed by atoms with van der Waals surface area (Å²) in [6, 6.07) is 2.05. The Kier molecular flexibility index (Phi) is 3.23. The number of ether oxygens (including phenoxy) is 2. The van der Waals surface area contributed by atoms with Crippen LogP contribution in [-0.4, -0.2) is 36.3 Å². The molecule has 0 amide bonds. The van der Waals surface area contributed by atoms with Crippen molar-refractivity contribution >= 4 is 10.9 Å². The van der Waals surface area contributed by atoms with Crippen LogP contribution in [0.4, 0.5) is 8.78 Å². The third-order valence-electron chi connectivity index (χ3n) is 3.41. The molecule has 2 N–H and O–H groups in total. The lowest BCUT2D eigenvalue weighted by Crippen LogP contribution is -2.52. The van der Waals surface area contributed by atoms with Crippen LogP contribution in [-0.2, 0) is 4.74 Å². The molecule has 0 radical (unpaired) electrons. The molecule has 1 fully saturated rings. The van der Waals surface area contributed by atoms with Gasteiger partial charge in [-0.2, -0.15) is 0 Å². The van der Waals surface area contributed by atoms with Gasteiger partial charge in [0, 0.05) is 12.6 Å². The zero-order valence-electron chi connectivity index (χ0n) is 10.6. The van der Waals surface area contributed by atoms with Gasteiger partial charge in [0.1, 0.15) is 12.9 Å². The summed E-state index contributed by atoms with van der Waals surface area (Å²) in [6.45, 7) is 1.79. The third-order valence-corrected chi connectivity index (χ3v) is 3.41. The highest BCUT2D eigenvalue weighted by atomic mass is 19.2. The Labute approximate surface area is 113 Å². The fourth-order valence-electron chi connectivity index (χ4n) is 2.01. The lowest BCUT2D eigenvalue weighted by atomic mass is 9.87. The largest absolute Gasteiger partial charge is 0.476 e. The minimum atomic E-state index is -0.960. The Morgan fingerprint density at radius 2 is 2.00 bits per heavy atom. The van der Waals surface area contributed by atoms with E-state index >= 15 is 0 Å². The molecule has 1 saturated heterocycles. The van der Waals surface area contributed by atoms with Gasteiger partial charge in [-0.3, -0.25) is 0 Å². The Bertz CT molecular complexity index is 641. The predicted octanol–water partition coefficient (Wildman–Crippen LogP) is 1.26. The lowest BCUT2D eigenvalue weighted by molar-refractivity contribution is -0.125. The summed E-state index contributed by atoms with van der Waals surface area (Å²) >= 11 is 0. The number of halogens is 2. The van der Waals surface area contributed by atoms with Gasteiger partial charge in [0.15, 0.2) is 11.6 Å². The van der Waals surface area contributed by atoms with Crippen molar-refractivity contribution in [3.63, 3.8) is 0 Å². The third kappa shape index (κ3) is 2.19. The van der Waals surface area contributed by atoms with Gasteiger partial charge >= 0.3 is 0 Å². The number of fused-ring (bicyclic) bond motifs is 1. The summed E-state index contributed by atoms with van der Waals surface area (Å²) in [5.41, 5.74) is 5.75. The second-order valence-electron chi connectivity index (χ2n) is 4.95. The molecule has 2 heterocycles. The topological polar surface area (TPSA) is 70.3 Å². The molecule has 0 saturated carbocycles. The van der Waals surface area contributed by atoms with Crippen molar-refractivity contribution in [2.45, 2.75) is 0 Å². The van der Waals surface area contributed by atoms with E-state index in [2.05, 4.69) is 9.97 Å². The fourth-order valence-corrected chi connectivity index (χ4v) is 2.01. The molecule has 1 aromatic carbocycles. The van der Waals surface area contributed by atoms with Gasteiger partial charge in [-0.05, 0) is 6.07 Å². The van der Waals surface area contributed by atoms with Gasteiger partial charge in [-0.15, -0.1) is 0 Å². The fraction of sp³-hybridized carbons (Fsp3) is 0.385. The Morgan fingerprint density at radius 1 is 1.25 bits per heavy atom. The molecule has 5 nitrogen and oxygen atoms in total. The molecule has 0 unspecified atom stereocenters. The number of nitrogens with two attached hydrogens (primary N) is 1. The first kappa shape index (κ1) is 13.1. The number of rotatable bonds is 4. The summed E-state index contributed by atoms with van der Waals surface area (Å²) in [4.78, 5) is 7.86. The van der Waals surface area contributed by atoms with Crippen LogP contribution in [0.2, 0.25) is 0 Å². The van der Waals surface area contributed by atoms with Crippen LogP contribution in [0.5, 0.6) is 5.88 Å². The number of benzene rings is 1. The van der Waals surface area contributed by atoms with Crippen molar-refractivity contribution < 1.29 is 18.3 Å². The Balaban J connectivity index is 1.89. The van der Waals surface area contributed by atoms with Crippen LogP contribution in [0.25, 0.3) is 10.9 Å². The molecule has 1 aliphatic heterocycles. The molecule has 7 heteroatoms. The van der Waals surface area contributed by atoms with Crippen LogP contribution < -0.4 is 10.5 Å². The summed E-state index contributed by atoms with van der Waals surface area (Å²) in [7, 11) is 0. The molecule has 2 aromatic rings. The normalized spacial score (nSPS) is 16.9. The molecule has 20 heavy (non-hydrogen) atoms. The van der Waals surface area contributed by atoms with Crippen LogP contribution in [0, 0.1) is 17.0 Å². The second-order valence-corrected chi connectivity index (χ2v) is 4.95. The van der Waals surface area contributed by atoms with E-state index in [9.17, 15) is 8.78 Å². The zero-order chi connectivity index (χ0) is 14.2. The number of hydrogen-bond donors (Lipinski definition) is 1. The number of hydrogen-bond acceptors (Lipinski definition) is 5. The van der Waals surface area contributed by atoms with E-state index in [1.54, 1.807) is 0 Å². The van der Waals surface area contributed by atoms with Crippen molar-refractivity contribution in [1.29, 1.82) is 0 Å². The summed E-state index contributed by atoms with van der Waals surface area (Å²) in [5, 5.41) is 0.332. The maximum atomic E-state index is 13.3. The van der Waals surface area contributed by atoms with Crippen LogP contribution in [0.15, 0.2) is 18.5 Å². The molecular formula is C13H13F2N3O2. The lowest BCUT2D eigenvalue weighted by Gasteiger charge is -2.39. The number of aromatic nitrogens is 2. The molecule has 1 aromatic heterocycles. The molecule has 1 aliphatic rings. The van der Waals surface area contributed by atoms with Crippen LogP contribution >= 0.6 is 0 Å². The minimum Gasteiger partial charge on any atom is -0.476 e. The molecule has 3 rings (SSSR count). The highest BCUT2D eigenvalue weighted by molar-refractivity contribution is 5.83. The van der Waals surface area contributed by atoms with E-state index < -0.39 is 11.6 Å². The van der Waals surface area contributed by atoms with E-state index in [4.69, 9.17) is 15.2 Å². The van der Waals surface area contributed by atoms with Crippen molar-refractivity contribution in [2.24, 2.45) is 11.1 Å². The maximum Gasteiger partial charge on any atom is 0.224 e. The SMILES string of the molecule is NCC1(COc2ncnc3cc(F)c(F)cc23)COC1. The van der Waals surface area contributed by atoms with Gasteiger partial charge < -0.3 is 15.2 Å². The molecule has 106 valence electrons. The van der Waals surface area contributed by atoms with Crippen LogP contribution in [0.1, 0.15) is 0 Å². The average Bonchev–Trinajstić information content (AvgIpc) is 2.40. The predicted molar refractivity (Wildman–Crippen MR) is 67.3 cm³/mol. The maximum absolute atomic E-state index is 13.3. The number of nitrogens with zero attached hydrogens (tertiary/aromatic N) is 2. The molecule has 0 spiro atoms. The average molecular weight is 281 g/mol. The van der Waals surface area contributed by atoms with Crippen molar-refractivity contribution in [3.05, 3.63) is 30.1 Å². The van der Waals surface area contributed by atoms with E-state index in [-0.39, 0.29) is 11.3 Å². The highest BCUT2D eigenvalue weighted by Crippen LogP contribution is 2.29. The molecule has 0 atom stereocenters. The van der Waals surface area contributed by atoms with Gasteiger partial charge in [0.2, 0.25) is 5.88 Å². The summed E-state index contributed by atoms with van der Waals surface area (Å²) in [5.74, 6) is -1.70. The van der Waals surface area contributed by atoms with E-state index in [0.29, 0.717) is 37.3 Å². The first-order chi connectivity index (χ1) is 9.63. The minimum absolute atomic E-state index is 0.216. The smallest absolute Gasteiger partial charge is 0.224 e. The summed E-state index contributed by atoms with van der Waals surface area (Å²) in [6.07, 6.45) is 1.25.